The molecule has 0 aliphatic rings. The number of rotatable bonds is 4. The first-order chi connectivity index (χ1) is 11.9. The van der Waals surface area contributed by atoms with Gasteiger partial charge in [0.1, 0.15) is 0 Å². The lowest BCUT2D eigenvalue weighted by atomic mass is 10.2. The van der Waals surface area contributed by atoms with E-state index < -0.39 is 11.4 Å². The zero-order valence-electron chi connectivity index (χ0n) is 14.3. The number of H-pyrrole nitrogens is 1. The van der Waals surface area contributed by atoms with E-state index >= 15 is 0 Å². The highest BCUT2D eigenvalue weighted by Crippen LogP contribution is 2.18. The molecule has 2 heterocycles. The third-order valence-corrected chi connectivity index (χ3v) is 3.99. The molecular formula is C17H19N5O3. The molecular weight excluding hydrogens is 322 g/mol. The van der Waals surface area contributed by atoms with E-state index in [0.29, 0.717) is 5.69 Å². The average molecular weight is 341 g/mol. The number of aromatic nitrogens is 4. The fraction of sp³-hybridized carbons (Fsp3) is 0.294. The van der Waals surface area contributed by atoms with Crippen molar-refractivity contribution >= 4 is 17.4 Å². The molecule has 3 aromatic rings. The van der Waals surface area contributed by atoms with Crippen molar-refractivity contribution in [1.82, 2.24) is 18.9 Å². The Bertz CT molecular complexity index is 1030. The topological polar surface area (TPSA) is 92.5 Å². The van der Waals surface area contributed by atoms with Crippen molar-refractivity contribution < 1.29 is 4.79 Å². The first-order valence-electron chi connectivity index (χ1n) is 7.93. The van der Waals surface area contributed by atoms with Gasteiger partial charge in [-0.05, 0) is 26.0 Å². The van der Waals surface area contributed by atoms with Crippen molar-refractivity contribution in [3.05, 3.63) is 63.2 Å². The summed E-state index contributed by atoms with van der Waals surface area (Å²) in [6, 6.07) is 9.30. The molecule has 0 unspecified atom stereocenters. The molecule has 0 aliphatic heterocycles. The molecule has 2 aromatic heterocycles. The minimum Gasteiger partial charge on any atom is -0.310 e. The van der Waals surface area contributed by atoms with E-state index in [1.54, 1.807) is 4.90 Å². The van der Waals surface area contributed by atoms with Gasteiger partial charge in [-0.15, -0.1) is 0 Å². The largest absolute Gasteiger partial charge is 0.336 e. The number of hydrogen-bond donors (Lipinski definition) is 1. The van der Waals surface area contributed by atoms with E-state index in [1.807, 2.05) is 44.2 Å². The zero-order valence-corrected chi connectivity index (χ0v) is 14.3. The summed E-state index contributed by atoms with van der Waals surface area (Å²) >= 11 is 0. The number of hydrogen-bond acceptors (Lipinski definition) is 4. The van der Waals surface area contributed by atoms with Gasteiger partial charge in [0.05, 0.1) is 18.3 Å². The molecule has 0 saturated carbocycles. The van der Waals surface area contributed by atoms with Gasteiger partial charge < -0.3 is 4.90 Å². The number of carbonyl (C=O) groups excluding carboxylic acids is 1. The standard InChI is InChI=1S/C17H19N5O3/c1-11(2)21(12-7-5-4-6-8-12)14(23)9-13-10-18-15-20(3)16(24)19-17(25)22(13)15/h4-8,10-11H,9H2,1-3H3,(H,19,24,25). The highest BCUT2D eigenvalue weighted by molar-refractivity contribution is 5.95. The van der Waals surface area contributed by atoms with Crippen LogP contribution >= 0.6 is 0 Å². The predicted octanol–water partition coefficient (Wildman–Crippen LogP) is 0.705. The van der Waals surface area contributed by atoms with E-state index in [0.717, 1.165) is 5.69 Å². The number of imidazole rings is 1. The molecule has 1 amide bonds. The van der Waals surface area contributed by atoms with Gasteiger partial charge in [-0.3, -0.25) is 14.3 Å². The number of benzene rings is 1. The maximum absolute atomic E-state index is 12.9. The molecule has 0 spiro atoms. The van der Waals surface area contributed by atoms with E-state index in [2.05, 4.69) is 9.97 Å². The van der Waals surface area contributed by atoms with Crippen LogP contribution in [-0.4, -0.2) is 30.9 Å². The smallest absolute Gasteiger partial charge is 0.310 e. The molecule has 0 aliphatic carbocycles. The van der Waals surface area contributed by atoms with Crippen molar-refractivity contribution in [3.8, 4) is 0 Å². The molecule has 0 bridgehead atoms. The van der Waals surface area contributed by atoms with Crippen LogP contribution in [-0.2, 0) is 18.3 Å². The van der Waals surface area contributed by atoms with Crippen molar-refractivity contribution in [1.29, 1.82) is 0 Å². The van der Waals surface area contributed by atoms with Crippen LogP contribution in [0.5, 0.6) is 0 Å². The minimum atomic E-state index is -0.603. The van der Waals surface area contributed by atoms with Gasteiger partial charge >= 0.3 is 11.4 Å². The van der Waals surface area contributed by atoms with Crippen LogP contribution in [0.4, 0.5) is 5.69 Å². The molecule has 0 atom stereocenters. The van der Waals surface area contributed by atoms with Gasteiger partial charge in [-0.25, -0.2) is 19.0 Å². The highest BCUT2D eigenvalue weighted by atomic mass is 16.2. The van der Waals surface area contributed by atoms with Gasteiger partial charge in [0.25, 0.3) is 0 Å². The average Bonchev–Trinajstić information content (AvgIpc) is 2.98. The monoisotopic (exact) mass is 341 g/mol. The molecule has 0 saturated heterocycles. The van der Waals surface area contributed by atoms with Gasteiger partial charge in [-0.1, -0.05) is 18.2 Å². The zero-order chi connectivity index (χ0) is 18.1. The Kier molecular flexibility index (Phi) is 4.26. The van der Waals surface area contributed by atoms with Crippen molar-refractivity contribution in [3.63, 3.8) is 0 Å². The summed E-state index contributed by atoms with van der Waals surface area (Å²) < 4.78 is 2.48. The second-order valence-electron chi connectivity index (χ2n) is 6.05. The van der Waals surface area contributed by atoms with Gasteiger partial charge in [-0.2, -0.15) is 0 Å². The van der Waals surface area contributed by atoms with Crippen LogP contribution in [0.15, 0.2) is 46.1 Å². The van der Waals surface area contributed by atoms with E-state index in [9.17, 15) is 14.4 Å². The summed E-state index contributed by atoms with van der Waals surface area (Å²) in [6.45, 7) is 3.85. The Morgan fingerprint density at radius 3 is 2.52 bits per heavy atom. The Labute approximate surface area is 143 Å². The van der Waals surface area contributed by atoms with Gasteiger partial charge in [0.2, 0.25) is 11.7 Å². The fourth-order valence-corrected chi connectivity index (χ4v) is 2.84. The molecule has 0 radical (unpaired) electrons. The Hall–Kier alpha value is -3.16. The molecule has 1 aromatic carbocycles. The SMILES string of the molecule is CC(C)N(C(=O)Cc1cnc2n(C)c(=O)[nH]c(=O)n12)c1ccccc1. The maximum Gasteiger partial charge on any atom is 0.336 e. The van der Waals surface area contributed by atoms with Crippen LogP contribution in [0.2, 0.25) is 0 Å². The number of nitrogens with one attached hydrogen (secondary N) is 1. The lowest BCUT2D eigenvalue weighted by Gasteiger charge is -2.26. The fourth-order valence-electron chi connectivity index (χ4n) is 2.84. The summed E-state index contributed by atoms with van der Waals surface area (Å²) in [6.07, 6.45) is 1.45. The maximum atomic E-state index is 12.9. The quantitative estimate of drug-likeness (QED) is 0.756. The lowest BCUT2D eigenvalue weighted by molar-refractivity contribution is -0.118. The molecule has 1 N–H and O–H groups in total. The normalized spacial score (nSPS) is 11.2. The van der Waals surface area contributed by atoms with E-state index in [-0.39, 0.29) is 24.1 Å². The summed E-state index contributed by atoms with van der Waals surface area (Å²) in [5, 5.41) is 0. The Morgan fingerprint density at radius 2 is 1.88 bits per heavy atom. The summed E-state index contributed by atoms with van der Waals surface area (Å²) in [4.78, 5) is 44.6. The third-order valence-electron chi connectivity index (χ3n) is 3.99. The first kappa shape index (κ1) is 16.7. The molecule has 8 nitrogen and oxygen atoms in total. The summed E-state index contributed by atoms with van der Waals surface area (Å²) in [5.74, 6) is 0.0450. The van der Waals surface area contributed by atoms with E-state index in [1.165, 1.54) is 22.2 Å². The Balaban J connectivity index is 2.01. The van der Waals surface area contributed by atoms with Crippen molar-refractivity contribution in [2.24, 2.45) is 7.05 Å². The Morgan fingerprint density at radius 1 is 1.20 bits per heavy atom. The van der Waals surface area contributed by atoms with Crippen LogP contribution in [0, 0.1) is 0 Å². The second-order valence-corrected chi connectivity index (χ2v) is 6.05. The van der Waals surface area contributed by atoms with E-state index in [4.69, 9.17) is 0 Å². The van der Waals surface area contributed by atoms with Gasteiger partial charge in [0, 0.05) is 18.8 Å². The number of aryl methyl sites for hydroxylation is 1. The molecule has 25 heavy (non-hydrogen) atoms. The van der Waals surface area contributed by atoms with Gasteiger partial charge in [0.15, 0.2) is 0 Å². The number of fused-ring (bicyclic) bond motifs is 1. The number of aromatic amines is 1. The summed E-state index contributed by atoms with van der Waals surface area (Å²) in [7, 11) is 1.51. The first-order valence-corrected chi connectivity index (χ1v) is 7.93. The third kappa shape index (κ3) is 2.98. The van der Waals surface area contributed by atoms with Crippen LogP contribution in [0.3, 0.4) is 0 Å². The number of anilines is 1. The lowest BCUT2D eigenvalue weighted by Crippen LogP contribution is -2.39. The minimum absolute atomic E-state index is 0.00444. The number of carbonyl (C=O) groups is 1. The molecule has 8 heteroatoms. The van der Waals surface area contributed by atoms with Crippen LogP contribution in [0.1, 0.15) is 19.5 Å². The molecule has 0 fully saturated rings. The number of nitrogens with zero attached hydrogens (tertiary/aromatic N) is 4. The number of para-hydroxylation sites is 1. The summed E-state index contributed by atoms with van der Waals surface area (Å²) in [5.41, 5.74) is 0.0688. The van der Waals surface area contributed by atoms with Crippen LogP contribution in [0.25, 0.3) is 5.78 Å². The van der Waals surface area contributed by atoms with Crippen LogP contribution < -0.4 is 16.3 Å². The van der Waals surface area contributed by atoms with Crippen molar-refractivity contribution in [2.75, 3.05) is 4.90 Å². The highest BCUT2D eigenvalue weighted by Gasteiger charge is 2.21. The van der Waals surface area contributed by atoms with Crippen molar-refractivity contribution in [2.45, 2.75) is 26.3 Å². The predicted molar refractivity (Wildman–Crippen MR) is 93.8 cm³/mol. The second kappa shape index (κ2) is 6.39. The number of amides is 1. The molecule has 130 valence electrons. The molecule has 3 rings (SSSR count).